The predicted molar refractivity (Wildman–Crippen MR) is 101 cm³/mol. The van der Waals surface area contributed by atoms with E-state index in [0.29, 0.717) is 45.1 Å². The molecule has 3 rings (SSSR count). The van der Waals surface area contributed by atoms with Crippen molar-refractivity contribution in [3.63, 3.8) is 0 Å². The Morgan fingerprint density at radius 3 is 2.43 bits per heavy atom. The summed E-state index contributed by atoms with van der Waals surface area (Å²) in [5.41, 5.74) is 1.48. The van der Waals surface area contributed by atoms with E-state index in [1.54, 1.807) is 0 Å². The first kappa shape index (κ1) is 20.1. The number of hydrogen-bond donors (Lipinski definition) is 1. The van der Waals surface area contributed by atoms with Gasteiger partial charge in [-0.1, -0.05) is 24.3 Å². The van der Waals surface area contributed by atoms with Crippen molar-refractivity contribution in [2.45, 2.75) is 19.6 Å². The molecule has 0 atom stereocenters. The molecule has 0 radical (unpaired) electrons. The average Bonchev–Trinajstić information content (AvgIpc) is 2.67. The van der Waals surface area contributed by atoms with Gasteiger partial charge in [-0.05, 0) is 30.2 Å². The van der Waals surface area contributed by atoms with Gasteiger partial charge in [-0.3, -0.25) is 9.69 Å². The maximum Gasteiger partial charge on any atom is 0.417 e. The molecule has 8 heteroatoms. The number of halogens is 3. The van der Waals surface area contributed by atoms with E-state index in [2.05, 4.69) is 10.3 Å². The summed E-state index contributed by atoms with van der Waals surface area (Å²) in [4.78, 5) is 20.1. The minimum absolute atomic E-state index is 0.0376. The van der Waals surface area contributed by atoms with Gasteiger partial charge in [0.1, 0.15) is 5.82 Å². The Balaban J connectivity index is 1.45. The topological polar surface area (TPSA) is 48.5 Å². The number of carbonyl (C=O) groups is 1. The number of carbonyl (C=O) groups excluding carboxylic acids is 1. The molecule has 0 unspecified atom stereocenters. The zero-order valence-electron chi connectivity index (χ0n) is 15.7. The van der Waals surface area contributed by atoms with Gasteiger partial charge in [0, 0.05) is 38.9 Å². The highest BCUT2D eigenvalue weighted by molar-refractivity contribution is 5.78. The Bertz CT molecular complexity index is 800. The third-order valence-corrected chi connectivity index (χ3v) is 4.88. The molecule has 1 amide bonds. The van der Waals surface area contributed by atoms with Crippen LogP contribution >= 0.6 is 0 Å². The van der Waals surface area contributed by atoms with Gasteiger partial charge in [0.2, 0.25) is 5.91 Å². The number of anilines is 1. The number of rotatable bonds is 5. The summed E-state index contributed by atoms with van der Waals surface area (Å²) in [5, 5.41) is 2.94. The van der Waals surface area contributed by atoms with Crippen molar-refractivity contribution < 1.29 is 18.0 Å². The fourth-order valence-corrected chi connectivity index (χ4v) is 3.14. The second-order valence-corrected chi connectivity index (χ2v) is 6.87. The molecule has 1 saturated heterocycles. The summed E-state index contributed by atoms with van der Waals surface area (Å²) in [6.45, 7) is 5.35. The smallest absolute Gasteiger partial charge is 0.354 e. The molecule has 1 aromatic carbocycles. The van der Waals surface area contributed by atoms with E-state index in [4.69, 9.17) is 0 Å². The summed E-state index contributed by atoms with van der Waals surface area (Å²) in [6.07, 6.45) is -3.52. The number of benzene rings is 1. The van der Waals surface area contributed by atoms with E-state index >= 15 is 0 Å². The molecule has 1 fully saturated rings. The average molecular weight is 392 g/mol. The molecule has 0 saturated carbocycles. The third kappa shape index (κ3) is 5.22. The van der Waals surface area contributed by atoms with E-state index in [9.17, 15) is 18.0 Å². The van der Waals surface area contributed by atoms with Crippen molar-refractivity contribution in [2.75, 3.05) is 37.6 Å². The number of alkyl halides is 3. The predicted octanol–water partition coefficient (Wildman–Crippen LogP) is 2.85. The van der Waals surface area contributed by atoms with Crippen LogP contribution in [0, 0.1) is 6.92 Å². The van der Waals surface area contributed by atoms with Crippen LogP contribution in [0.15, 0.2) is 42.6 Å². The molecule has 150 valence electrons. The highest BCUT2D eigenvalue weighted by atomic mass is 19.4. The zero-order chi connectivity index (χ0) is 20.1. The van der Waals surface area contributed by atoms with Crippen molar-refractivity contribution >= 4 is 11.7 Å². The van der Waals surface area contributed by atoms with Crippen LogP contribution in [0.2, 0.25) is 0 Å². The molecule has 1 aliphatic rings. The minimum atomic E-state index is -4.38. The van der Waals surface area contributed by atoms with Gasteiger partial charge in [-0.15, -0.1) is 0 Å². The molecule has 5 nitrogen and oxygen atoms in total. The lowest BCUT2D eigenvalue weighted by atomic mass is 10.1. The van der Waals surface area contributed by atoms with Crippen LogP contribution in [0.3, 0.4) is 0 Å². The molecule has 1 N–H and O–H groups in total. The van der Waals surface area contributed by atoms with Crippen LogP contribution in [0.4, 0.5) is 19.0 Å². The van der Waals surface area contributed by atoms with Gasteiger partial charge in [-0.2, -0.15) is 13.2 Å². The van der Waals surface area contributed by atoms with Gasteiger partial charge >= 0.3 is 6.18 Å². The maximum atomic E-state index is 12.6. The molecule has 0 aliphatic carbocycles. The van der Waals surface area contributed by atoms with Crippen molar-refractivity contribution in [2.24, 2.45) is 0 Å². The summed E-state index contributed by atoms with van der Waals surface area (Å²) >= 11 is 0. The summed E-state index contributed by atoms with van der Waals surface area (Å²) in [5.74, 6) is 0.487. The molecule has 1 aliphatic heterocycles. The van der Waals surface area contributed by atoms with Crippen LogP contribution in [0.1, 0.15) is 16.7 Å². The van der Waals surface area contributed by atoms with E-state index in [-0.39, 0.29) is 5.91 Å². The summed E-state index contributed by atoms with van der Waals surface area (Å²) < 4.78 is 37.9. The van der Waals surface area contributed by atoms with Gasteiger partial charge in [0.05, 0.1) is 12.1 Å². The second kappa shape index (κ2) is 8.60. The number of nitrogens with zero attached hydrogens (tertiary/aromatic N) is 3. The van der Waals surface area contributed by atoms with Crippen molar-refractivity contribution in [3.8, 4) is 0 Å². The fraction of sp³-hybridized carbons (Fsp3) is 0.400. The second-order valence-electron chi connectivity index (χ2n) is 6.87. The highest BCUT2D eigenvalue weighted by Gasteiger charge is 2.31. The third-order valence-electron chi connectivity index (χ3n) is 4.88. The van der Waals surface area contributed by atoms with E-state index in [0.717, 1.165) is 23.4 Å². The van der Waals surface area contributed by atoms with Crippen LogP contribution < -0.4 is 10.2 Å². The van der Waals surface area contributed by atoms with Gasteiger partial charge in [0.25, 0.3) is 0 Å². The van der Waals surface area contributed by atoms with Gasteiger partial charge in [0.15, 0.2) is 0 Å². The molecule has 0 spiro atoms. The first-order valence-electron chi connectivity index (χ1n) is 9.14. The Kier molecular flexibility index (Phi) is 6.18. The number of piperazine rings is 1. The lowest BCUT2D eigenvalue weighted by Gasteiger charge is -2.35. The minimum Gasteiger partial charge on any atom is -0.354 e. The van der Waals surface area contributed by atoms with Crippen LogP contribution in [-0.4, -0.2) is 48.5 Å². The quantitative estimate of drug-likeness (QED) is 0.850. The van der Waals surface area contributed by atoms with Gasteiger partial charge in [-0.25, -0.2) is 4.98 Å². The molecule has 2 aromatic rings. The molecule has 2 heterocycles. The maximum absolute atomic E-state index is 12.6. The molecular formula is C20H23F3N4O. The fourth-order valence-electron chi connectivity index (χ4n) is 3.14. The van der Waals surface area contributed by atoms with E-state index < -0.39 is 11.7 Å². The first-order valence-corrected chi connectivity index (χ1v) is 9.14. The number of aryl methyl sites for hydroxylation is 1. The highest BCUT2D eigenvalue weighted by Crippen LogP contribution is 2.29. The summed E-state index contributed by atoms with van der Waals surface area (Å²) in [7, 11) is 0. The first-order chi connectivity index (χ1) is 13.3. The number of amides is 1. The Labute approximate surface area is 162 Å². The Hall–Kier alpha value is -2.61. The van der Waals surface area contributed by atoms with Crippen LogP contribution in [0.25, 0.3) is 0 Å². The zero-order valence-corrected chi connectivity index (χ0v) is 15.7. The Morgan fingerprint density at radius 2 is 1.82 bits per heavy atom. The largest absolute Gasteiger partial charge is 0.417 e. The molecule has 28 heavy (non-hydrogen) atoms. The van der Waals surface area contributed by atoms with E-state index in [1.807, 2.05) is 41.0 Å². The summed E-state index contributed by atoms with van der Waals surface area (Å²) in [6, 6.07) is 10.4. The van der Waals surface area contributed by atoms with Crippen molar-refractivity contribution in [1.29, 1.82) is 0 Å². The lowest BCUT2D eigenvalue weighted by Crippen LogP contribution is -2.49. The van der Waals surface area contributed by atoms with Crippen LogP contribution in [-0.2, 0) is 17.5 Å². The monoisotopic (exact) mass is 392 g/mol. The number of aromatic nitrogens is 1. The van der Waals surface area contributed by atoms with Crippen molar-refractivity contribution in [1.82, 2.24) is 15.2 Å². The Morgan fingerprint density at radius 1 is 1.11 bits per heavy atom. The van der Waals surface area contributed by atoms with Gasteiger partial charge < -0.3 is 10.2 Å². The van der Waals surface area contributed by atoms with E-state index in [1.165, 1.54) is 6.07 Å². The number of hydrogen-bond acceptors (Lipinski definition) is 4. The lowest BCUT2D eigenvalue weighted by molar-refractivity contribution is -0.137. The number of nitrogens with one attached hydrogen (secondary N) is 1. The molecule has 1 aromatic heterocycles. The SMILES string of the molecule is Cc1ccccc1CNC(=O)CN1CCN(c2ccc(C(F)(F)F)cn2)CC1. The normalized spacial score (nSPS) is 15.5. The van der Waals surface area contributed by atoms with Crippen molar-refractivity contribution in [3.05, 3.63) is 59.3 Å². The standard InChI is InChI=1S/C20H23F3N4O/c1-15-4-2-3-5-16(15)12-25-19(28)14-26-8-10-27(11-9-26)18-7-6-17(13-24-18)20(21,22)23/h2-7,13H,8-12,14H2,1H3,(H,25,28). The molecular weight excluding hydrogens is 369 g/mol. The van der Waals surface area contributed by atoms with Crippen LogP contribution in [0.5, 0.6) is 0 Å². The molecule has 0 bridgehead atoms. The number of pyridine rings is 1.